The van der Waals surface area contributed by atoms with Crippen molar-refractivity contribution in [2.45, 2.75) is 13.8 Å². The quantitative estimate of drug-likeness (QED) is 0.714. The number of thioether (sulfide) groups is 1. The maximum absolute atomic E-state index is 13.8. The molecule has 0 fully saturated rings. The molecule has 0 amide bonds. The Labute approximate surface area is 106 Å². The number of hydrogen-bond donors (Lipinski definition) is 1. The van der Waals surface area contributed by atoms with Crippen LogP contribution in [0, 0.1) is 0 Å². The van der Waals surface area contributed by atoms with E-state index in [0.717, 1.165) is 11.8 Å². The lowest BCUT2D eigenvalue weighted by molar-refractivity contribution is 0.355. The second kappa shape index (κ2) is 8.17. The van der Waals surface area contributed by atoms with Gasteiger partial charge in [-0.05, 0) is 26.2 Å². The first kappa shape index (κ1) is 16.0. The lowest BCUT2D eigenvalue weighted by Gasteiger charge is -2.25. The largest absolute Gasteiger partial charge is 0.399 e. The summed E-state index contributed by atoms with van der Waals surface area (Å²) >= 11 is 1.63. The van der Waals surface area contributed by atoms with Crippen molar-refractivity contribution in [1.82, 2.24) is 4.90 Å². The molecule has 0 bridgehead atoms. The monoisotopic (exact) mass is 262 g/mol. The van der Waals surface area contributed by atoms with Gasteiger partial charge in [0.15, 0.2) is 5.83 Å². The highest BCUT2D eigenvalue weighted by Crippen LogP contribution is 2.22. The molecule has 0 atom stereocenters. The molecular formula is C12H20F2N2S. The molecule has 0 unspecified atom stereocenters. The van der Waals surface area contributed by atoms with Crippen LogP contribution in [0.5, 0.6) is 0 Å². The molecule has 17 heavy (non-hydrogen) atoms. The Kier molecular flexibility index (Phi) is 7.70. The Morgan fingerprint density at radius 1 is 1.47 bits per heavy atom. The van der Waals surface area contributed by atoms with Gasteiger partial charge in [-0.2, -0.15) is 11.8 Å². The fourth-order valence-corrected chi connectivity index (χ4v) is 1.80. The Balaban J connectivity index is 5.09. The minimum absolute atomic E-state index is 0.0341. The van der Waals surface area contributed by atoms with Gasteiger partial charge in [0.1, 0.15) is 11.5 Å². The van der Waals surface area contributed by atoms with Crippen LogP contribution in [-0.2, 0) is 0 Å². The van der Waals surface area contributed by atoms with Gasteiger partial charge in [0, 0.05) is 24.5 Å². The molecule has 98 valence electrons. The molecule has 0 aliphatic carbocycles. The molecule has 0 rings (SSSR count). The minimum atomic E-state index is -0.680. The predicted octanol–water partition coefficient (Wildman–Crippen LogP) is 3.20. The number of allylic oxidation sites excluding steroid dienone is 3. The van der Waals surface area contributed by atoms with Gasteiger partial charge in [0.25, 0.3) is 0 Å². The van der Waals surface area contributed by atoms with E-state index in [1.54, 1.807) is 16.7 Å². The first-order chi connectivity index (χ1) is 7.93. The number of likely N-dealkylation sites (N-methyl/N-ethyl adjacent to an activating group) is 1. The number of nitrogens with zero attached hydrogens (tertiary/aromatic N) is 1. The van der Waals surface area contributed by atoms with Crippen LogP contribution in [0.25, 0.3) is 0 Å². The average molecular weight is 262 g/mol. The van der Waals surface area contributed by atoms with E-state index in [-0.39, 0.29) is 11.4 Å². The summed E-state index contributed by atoms with van der Waals surface area (Å²) in [5.74, 6) is -0.426. The van der Waals surface area contributed by atoms with Crippen molar-refractivity contribution in [1.29, 1.82) is 0 Å². The molecular weight excluding hydrogens is 242 g/mol. The SMILES string of the molecule is C=C(N)/C=C(F)\C(=C(/C)F)N(CC)CCSC. The normalized spacial score (nSPS) is 13.4. The number of rotatable bonds is 7. The molecule has 0 saturated carbocycles. The molecule has 5 heteroatoms. The Morgan fingerprint density at radius 2 is 2.06 bits per heavy atom. The van der Waals surface area contributed by atoms with Crippen LogP contribution in [0.3, 0.4) is 0 Å². The van der Waals surface area contributed by atoms with Crippen molar-refractivity contribution >= 4 is 11.8 Å². The fourth-order valence-electron chi connectivity index (χ4n) is 1.39. The van der Waals surface area contributed by atoms with E-state index in [1.165, 1.54) is 6.92 Å². The predicted molar refractivity (Wildman–Crippen MR) is 72.0 cm³/mol. The Hall–Kier alpha value is -0.970. The molecule has 0 radical (unpaired) electrons. The van der Waals surface area contributed by atoms with Gasteiger partial charge < -0.3 is 10.6 Å². The van der Waals surface area contributed by atoms with Crippen molar-refractivity contribution in [3.05, 3.63) is 35.7 Å². The summed E-state index contributed by atoms with van der Waals surface area (Å²) in [4.78, 5) is 1.65. The molecule has 0 heterocycles. The second-order valence-corrected chi connectivity index (χ2v) is 4.51. The highest BCUT2D eigenvalue weighted by molar-refractivity contribution is 7.98. The first-order valence-electron chi connectivity index (χ1n) is 5.36. The van der Waals surface area contributed by atoms with Gasteiger partial charge in [-0.1, -0.05) is 6.58 Å². The highest BCUT2D eigenvalue weighted by Gasteiger charge is 2.16. The first-order valence-corrected chi connectivity index (χ1v) is 6.75. The van der Waals surface area contributed by atoms with Gasteiger partial charge in [0.2, 0.25) is 0 Å². The molecule has 0 aromatic carbocycles. The van der Waals surface area contributed by atoms with E-state index >= 15 is 0 Å². The fraction of sp³-hybridized carbons (Fsp3) is 0.500. The van der Waals surface area contributed by atoms with Crippen molar-refractivity contribution in [3.8, 4) is 0 Å². The van der Waals surface area contributed by atoms with Crippen LogP contribution in [0.2, 0.25) is 0 Å². The summed E-state index contributed by atoms with van der Waals surface area (Å²) in [5, 5.41) is 0. The van der Waals surface area contributed by atoms with Crippen LogP contribution in [-0.4, -0.2) is 30.0 Å². The van der Waals surface area contributed by atoms with Crippen molar-refractivity contribution in [2.24, 2.45) is 5.73 Å². The number of halogens is 2. The molecule has 2 nitrogen and oxygen atoms in total. The average Bonchev–Trinajstić information content (AvgIpc) is 2.21. The van der Waals surface area contributed by atoms with Gasteiger partial charge >= 0.3 is 0 Å². The summed E-state index contributed by atoms with van der Waals surface area (Å²) in [6, 6.07) is 0. The molecule has 0 aliphatic heterocycles. The van der Waals surface area contributed by atoms with E-state index in [4.69, 9.17) is 5.73 Å². The van der Waals surface area contributed by atoms with Crippen molar-refractivity contribution in [2.75, 3.05) is 25.1 Å². The van der Waals surface area contributed by atoms with Gasteiger partial charge in [-0.25, -0.2) is 8.78 Å². The Bertz CT molecular complexity index is 320. The van der Waals surface area contributed by atoms with E-state index in [1.807, 2.05) is 13.2 Å². The molecule has 0 aromatic rings. The van der Waals surface area contributed by atoms with Gasteiger partial charge in [-0.15, -0.1) is 0 Å². The summed E-state index contributed by atoms with van der Waals surface area (Å²) in [5.41, 5.74) is 5.33. The lowest BCUT2D eigenvalue weighted by Crippen LogP contribution is -2.26. The van der Waals surface area contributed by atoms with Crippen molar-refractivity contribution in [3.63, 3.8) is 0 Å². The summed E-state index contributed by atoms with van der Waals surface area (Å²) in [6.07, 6.45) is 2.99. The molecule has 0 spiro atoms. The molecule has 0 aliphatic rings. The van der Waals surface area contributed by atoms with E-state index < -0.39 is 11.7 Å². The van der Waals surface area contributed by atoms with Gasteiger partial charge in [0.05, 0.1) is 0 Å². The third-order valence-electron chi connectivity index (χ3n) is 2.13. The molecule has 0 saturated heterocycles. The van der Waals surface area contributed by atoms with E-state index in [0.29, 0.717) is 13.1 Å². The zero-order valence-corrected chi connectivity index (χ0v) is 11.4. The van der Waals surface area contributed by atoms with E-state index in [9.17, 15) is 8.78 Å². The Morgan fingerprint density at radius 3 is 2.41 bits per heavy atom. The lowest BCUT2D eigenvalue weighted by atomic mass is 10.2. The number of nitrogens with two attached hydrogens (primary N) is 1. The maximum Gasteiger partial charge on any atom is 0.151 e. The third kappa shape index (κ3) is 5.77. The number of hydrogen-bond acceptors (Lipinski definition) is 3. The smallest absolute Gasteiger partial charge is 0.151 e. The van der Waals surface area contributed by atoms with Crippen LogP contribution >= 0.6 is 11.8 Å². The highest BCUT2D eigenvalue weighted by atomic mass is 32.2. The van der Waals surface area contributed by atoms with Crippen LogP contribution in [0.1, 0.15) is 13.8 Å². The second-order valence-electron chi connectivity index (χ2n) is 3.52. The summed E-state index contributed by atoms with van der Waals surface area (Å²) in [7, 11) is 0. The van der Waals surface area contributed by atoms with Crippen LogP contribution in [0.15, 0.2) is 35.7 Å². The van der Waals surface area contributed by atoms with E-state index in [2.05, 4.69) is 6.58 Å². The van der Waals surface area contributed by atoms with Crippen LogP contribution in [0.4, 0.5) is 8.78 Å². The minimum Gasteiger partial charge on any atom is -0.399 e. The maximum atomic E-state index is 13.8. The van der Waals surface area contributed by atoms with Crippen molar-refractivity contribution < 1.29 is 8.78 Å². The zero-order chi connectivity index (χ0) is 13.4. The third-order valence-corrected chi connectivity index (χ3v) is 2.72. The standard InChI is InChI=1S/C12H20F2N2S/c1-5-16(6-7-17-4)12(10(3)13)11(14)8-9(2)15/h8H,2,5-7,15H2,1,3-4H3/b11-8+,12-10-. The molecule has 2 N–H and O–H groups in total. The summed E-state index contributed by atoms with van der Waals surface area (Å²) < 4.78 is 27.2. The topological polar surface area (TPSA) is 29.3 Å². The van der Waals surface area contributed by atoms with Crippen LogP contribution < -0.4 is 5.73 Å². The molecule has 0 aromatic heterocycles. The zero-order valence-electron chi connectivity index (χ0n) is 10.6. The van der Waals surface area contributed by atoms with Gasteiger partial charge in [-0.3, -0.25) is 0 Å². The summed E-state index contributed by atoms with van der Waals surface area (Å²) in [6.45, 7) is 7.60.